The van der Waals surface area contributed by atoms with Crippen LogP contribution >= 0.6 is 27.5 Å². The standard InChI is InChI=1S/C9H11N.C6H6O.CH3Br.CH3Cl.CH3F.CH4O/c1-2-4-9-7-10-6-5-8(9)3-1;7-6-4-2-1-3-5-6;4*1-2/h1-4,10H,5-7H2;1-5,7H;3*1H3;2H,1H3. The number of benzene rings is 2. The second-order valence-electron chi connectivity index (χ2n) is 4.03. The smallest absolute Gasteiger partial charge is 0.115 e. The van der Waals surface area contributed by atoms with Crippen LogP contribution in [0.15, 0.2) is 54.6 Å². The Hall–Kier alpha value is -1.14. The number of aliphatic hydroxyl groups is 1. The van der Waals surface area contributed by atoms with E-state index in [1.54, 1.807) is 24.3 Å². The van der Waals surface area contributed by atoms with E-state index in [0.717, 1.165) is 20.2 Å². The zero-order valence-corrected chi connectivity index (χ0v) is 17.7. The first kappa shape index (κ1) is 28.7. The van der Waals surface area contributed by atoms with E-state index in [1.807, 2.05) is 11.9 Å². The molecule has 0 atom stereocenters. The SMILES string of the molecule is CBr.CCl.CF.CO.Oc1ccccc1.c1ccc2c(c1)CCNC2. The maximum absolute atomic E-state index is 9.50. The van der Waals surface area contributed by atoms with Gasteiger partial charge in [0.2, 0.25) is 0 Å². The molecule has 0 unspecified atom stereocenters. The van der Waals surface area contributed by atoms with Gasteiger partial charge in [-0.25, -0.2) is 0 Å². The van der Waals surface area contributed by atoms with Gasteiger partial charge in [0.25, 0.3) is 0 Å². The molecule has 0 radical (unpaired) electrons. The number of phenolic OH excluding ortho intramolecular Hbond substituents is 1. The normalized spacial score (nSPS) is 9.92. The van der Waals surface area contributed by atoms with E-state index in [-0.39, 0.29) is 0 Å². The lowest BCUT2D eigenvalue weighted by molar-refractivity contribution is 0.399. The van der Waals surface area contributed by atoms with Crippen LogP contribution in [0.3, 0.4) is 0 Å². The fraction of sp³-hybridized carbons (Fsp3) is 0.368. The highest BCUT2D eigenvalue weighted by Gasteiger charge is 2.05. The topological polar surface area (TPSA) is 52.5 Å². The number of hydrogen-bond donors (Lipinski definition) is 3. The monoisotopic (exact) mass is 437 g/mol. The minimum atomic E-state index is 0.322. The fourth-order valence-corrected chi connectivity index (χ4v) is 1.85. The zero-order chi connectivity index (χ0) is 19.9. The molecule has 0 fully saturated rings. The molecular formula is C19H30BrClFNO2. The molecule has 3 rings (SSSR count). The fourth-order valence-electron chi connectivity index (χ4n) is 1.85. The summed E-state index contributed by atoms with van der Waals surface area (Å²) in [6.45, 7) is 2.19. The van der Waals surface area contributed by atoms with E-state index < -0.39 is 0 Å². The average Bonchev–Trinajstić information content (AvgIpc) is 2.75. The van der Waals surface area contributed by atoms with E-state index in [4.69, 9.17) is 10.2 Å². The lowest BCUT2D eigenvalue weighted by atomic mass is 10.0. The third kappa shape index (κ3) is 16.1. The summed E-state index contributed by atoms with van der Waals surface area (Å²) >= 11 is 7.58. The molecule has 0 saturated carbocycles. The van der Waals surface area contributed by atoms with Crippen molar-refractivity contribution >= 4 is 27.5 Å². The van der Waals surface area contributed by atoms with Crippen molar-refractivity contribution < 1.29 is 14.6 Å². The highest BCUT2D eigenvalue weighted by Crippen LogP contribution is 2.11. The second-order valence-corrected chi connectivity index (χ2v) is 4.03. The predicted molar refractivity (Wildman–Crippen MR) is 112 cm³/mol. The number of aromatic hydroxyl groups is 1. The van der Waals surface area contributed by atoms with Crippen LogP contribution in [0.4, 0.5) is 4.39 Å². The summed E-state index contributed by atoms with van der Waals surface area (Å²) in [5.41, 5.74) is 2.98. The molecule has 3 nitrogen and oxygen atoms in total. The summed E-state index contributed by atoms with van der Waals surface area (Å²) in [7, 11) is 1.50. The lowest BCUT2D eigenvalue weighted by Crippen LogP contribution is -2.23. The molecule has 144 valence electrons. The molecule has 2 aromatic rings. The van der Waals surface area contributed by atoms with Crippen LogP contribution in [-0.2, 0) is 13.0 Å². The summed E-state index contributed by atoms with van der Waals surface area (Å²) in [5, 5.41) is 19.0. The van der Waals surface area contributed by atoms with Gasteiger partial charge in [0, 0.05) is 20.0 Å². The van der Waals surface area contributed by atoms with Crippen LogP contribution in [0.1, 0.15) is 11.1 Å². The van der Waals surface area contributed by atoms with E-state index in [2.05, 4.69) is 57.1 Å². The first-order valence-corrected chi connectivity index (χ1v) is 9.80. The Labute approximate surface area is 165 Å². The minimum Gasteiger partial charge on any atom is -0.508 e. The molecule has 0 amide bonds. The van der Waals surface area contributed by atoms with Crippen molar-refractivity contribution in [1.29, 1.82) is 0 Å². The van der Waals surface area contributed by atoms with Gasteiger partial charge in [-0.05, 0) is 42.1 Å². The van der Waals surface area contributed by atoms with Crippen molar-refractivity contribution in [2.45, 2.75) is 13.0 Å². The second kappa shape index (κ2) is 25.1. The number of aliphatic hydroxyl groups excluding tert-OH is 1. The van der Waals surface area contributed by atoms with Crippen LogP contribution < -0.4 is 5.32 Å². The van der Waals surface area contributed by atoms with Crippen LogP contribution in [-0.4, -0.2) is 43.3 Å². The number of nitrogens with one attached hydrogen (secondary N) is 1. The molecule has 6 heteroatoms. The van der Waals surface area contributed by atoms with Crippen molar-refractivity contribution in [2.75, 3.05) is 33.0 Å². The van der Waals surface area contributed by atoms with Crippen molar-refractivity contribution in [1.82, 2.24) is 5.32 Å². The van der Waals surface area contributed by atoms with Crippen LogP contribution in [0.5, 0.6) is 5.75 Å². The molecular weight excluding hydrogens is 409 g/mol. The number of alkyl halides is 3. The molecule has 0 bridgehead atoms. The number of rotatable bonds is 0. The molecule has 1 aliphatic heterocycles. The summed E-state index contributed by atoms with van der Waals surface area (Å²) in [6, 6.07) is 17.3. The minimum absolute atomic E-state index is 0.322. The number of hydrogen-bond acceptors (Lipinski definition) is 3. The molecule has 0 spiro atoms. The summed E-state index contributed by atoms with van der Waals surface area (Å²) in [4.78, 5) is 0. The van der Waals surface area contributed by atoms with Crippen molar-refractivity contribution in [3.63, 3.8) is 0 Å². The average molecular weight is 439 g/mol. The maximum Gasteiger partial charge on any atom is 0.115 e. The van der Waals surface area contributed by atoms with Gasteiger partial charge in [-0.15, -0.1) is 11.6 Å². The van der Waals surface area contributed by atoms with Crippen LogP contribution in [0, 0.1) is 0 Å². The Kier molecular flexibility index (Phi) is 28.8. The summed E-state index contributed by atoms with van der Waals surface area (Å²) in [6.07, 6.45) is 2.66. The third-order valence-corrected chi connectivity index (χ3v) is 2.76. The largest absolute Gasteiger partial charge is 0.508 e. The number of fused-ring (bicyclic) bond motifs is 1. The summed E-state index contributed by atoms with van der Waals surface area (Å²) in [5.74, 6) is 2.13. The van der Waals surface area contributed by atoms with E-state index in [1.165, 1.54) is 23.9 Å². The quantitative estimate of drug-likeness (QED) is 0.519. The van der Waals surface area contributed by atoms with Crippen LogP contribution in [0.25, 0.3) is 0 Å². The molecule has 25 heavy (non-hydrogen) atoms. The highest BCUT2D eigenvalue weighted by atomic mass is 79.9. The molecule has 0 aliphatic carbocycles. The Morgan fingerprint density at radius 2 is 1.32 bits per heavy atom. The Morgan fingerprint density at radius 3 is 1.72 bits per heavy atom. The summed E-state index contributed by atoms with van der Waals surface area (Å²) < 4.78 is 9.50. The van der Waals surface area contributed by atoms with Gasteiger partial charge in [0.05, 0.1) is 7.18 Å². The van der Waals surface area contributed by atoms with E-state index >= 15 is 0 Å². The van der Waals surface area contributed by atoms with E-state index in [9.17, 15) is 4.39 Å². The molecule has 1 aliphatic rings. The van der Waals surface area contributed by atoms with Gasteiger partial charge < -0.3 is 15.5 Å². The van der Waals surface area contributed by atoms with Crippen molar-refractivity contribution in [3.05, 3.63) is 65.7 Å². The Balaban J connectivity index is -0.000000285. The van der Waals surface area contributed by atoms with E-state index in [0.29, 0.717) is 12.9 Å². The van der Waals surface area contributed by atoms with Gasteiger partial charge in [0.1, 0.15) is 5.75 Å². The molecule has 1 heterocycles. The highest BCUT2D eigenvalue weighted by molar-refractivity contribution is 9.08. The number of halogens is 3. The number of para-hydroxylation sites is 1. The van der Waals surface area contributed by atoms with Crippen molar-refractivity contribution in [3.8, 4) is 5.75 Å². The Bertz CT molecular complexity index is 451. The van der Waals surface area contributed by atoms with Crippen LogP contribution in [0.2, 0.25) is 0 Å². The number of phenols is 1. The predicted octanol–water partition coefficient (Wildman–Crippen LogP) is 4.78. The zero-order valence-electron chi connectivity index (χ0n) is 15.3. The Morgan fingerprint density at radius 1 is 0.880 bits per heavy atom. The first-order chi connectivity index (χ1) is 12.4. The third-order valence-electron chi connectivity index (χ3n) is 2.76. The molecule has 0 aromatic heterocycles. The molecule has 2 aromatic carbocycles. The molecule has 0 saturated heterocycles. The molecule has 3 N–H and O–H groups in total. The van der Waals surface area contributed by atoms with Gasteiger partial charge in [-0.3, -0.25) is 4.39 Å². The first-order valence-electron chi connectivity index (χ1n) is 7.46. The van der Waals surface area contributed by atoms with Gasteiger partial charge in [-0.1, -0.05) is 58.4 Å². The van der Waals surface area contributed by atoms with Crippen molar-refractivity contribution in [2.24, 2.45) is 0 Å². The maximum atomic E-state index is 9.50. The van der Waals surface area contributed by atoms with Gasteiger partial charge >= 0.3 is 0 Å². The lowest BCUT2D eigenvalue weighted by Gasteiger charge is -2.15. The van der Waals surface area contributed by atoms with Gasteiger partial charge in [0.15, 0.2) is 0 Å². The van der Waals surface area contributed by atoms with Gasteiger partial charge in [-0.2, -0.15) is 0 Å².